The molecule has 166 valence electrons. The van der Waals surface area contributed by atoms with Gasteiger partial charge in [0, 0.05) is 27.9 Å². The third-order valence-corrected chi connectivity index (χ3v) is 8.71. The summed E-state index contributed by atoms with van der Waals surface area (Å²) in [5.74, 6) is 1.06. The molecule has 0 saturated heterocycles. The van der Waals surface area contributed by atoms with Crippen molar-refractivity contribution in [2.75, 3.05) is 0 Å². The fraction of sp³-hybridized carbons (Fsp3) is 0.538. The van der Waals surface area contributed by atoms with E-state index in [-0.39, 0.29) is 18.4 Å². The van der Waals surface area contributed by atoms with E-state index in [1.165, 1.54) is 12.0 Å². The highest BCUT2D eigenvalue weighted by atomic mass is 32.1. The van der Waals surface area contributed by atoms with Gasteiger partial charge in [-0.2, -0.15) is 0 Å². The molecule has 4 atom stereocenters. The van der Waals surface area contributed by atoms with Crippen molar-refractivity contribution < 1.29 is 14.7 Å². The van der Waals surface area contributed by atoms with E-state index in [0.717, 1.165) is 34.9 Å². The highest BCUT2D eigenvalue weighted by molar-refractivity contribution is 7.17. The van der Waals surface area contributed by atoms with Crippen LogP contribution in [0.1, 0.15) is 68.3 Å². The maximum atomic E-state index is 13.2. The number of carbonyl (C=O) groups is 2. The van der Waals surface area contributed by atoms with Crippen LogP contribution in [-0.4, -0.2) is 23.0 Å². The van der Waals surface area contributed by atoms with Crippen molar-refractivity contribution in [1.29, 1.82) is 0 Å². The van der Waals surface area contributed by atoms with Crippen LogP contribution in [0.25, 0.3) is 10.1 Å². The zero-order valence-electron chi connectivity index (χ0n) is 18.7. The average molecular weight is 440 g/mol. The quantitative estimate of drug-likeness (QED) is 0.381. The number of rotatable bonds is 8. The van der Waals surface area contributed by atoms with Crippen LogP contribution >= 0.6 is 11.3 Å². The van der Waals surface area contributed by atoms with E-state index in [4.69, 9.17) is 5.11 Å². The van der Waals surface area contributed by atoms with E-state index >= 15 is 0 Å². The molecule has 3 fully saturated rings. The number of carbonyl (C=O) groups excluding carboxylic acids is 1. The molecule has 3 aliphatic carbocycles. The Morgan fingerprint density at radius 1 is 1.26 bits per heavy atom. The number of hydrogen-bond acceptors (Lipinski definition) is 3. The van der Waals surface area contributed by atoms with Crippen LogP contribution in [0.5, 0.6) is 0 Å². The van der Waals surface area contributed by atoms with Gasteiger partial charge < -0.3 is 10.4 Å². The molecule has 1 aromatic heterocycles. The number of benzene rings is 1. The van der Waals surface area contributed by atoms with Gasteiger partial charge in [-0.25, -0.2) is 0 Å². The van der Waals surface area contributed by atoms with Crippen LogP contribution in [0.4, 0.5) is 0 Å². The lowest BCUT2D eigenvalue weighted by molar-refractivity contribution is -0.137. The van der Waals surface area contributed by atoms with Crippen molar-refractivity contribution in [3.8, 4) is 0 Å². The van der Waals surface area contributed by atoms with Crippen molar-refractivity contribution in [3.63, 3.8) is 0 Å². The molecular weight excluding hydrogens is 406 g/mol. The van der Waals surface area contributed by atoms with Crippen LogP contribution in [0.3, 0.4) is 0 Å². The van der Waals surface area contributed by atoms with Gasteiger partial charge in [0.1, 0.15) is 0 Å². The standard InChI is InChI=1S/C26H33NO3S/c1-16-10-11-23-19(12-16)20(15-31-23)25(30)27-22-14-17-13-21(26(17,2)3)18(22)8-6-4-5-7-9-24(28)29/h4,6,10-12,15,17-18,21-22H,5,7-9,13-14H2,1-3H3,(H,27,30)(H,28,29)/b6-4-/t17-,18-,21+,22-/m1/s1. The molecule has 5 rings (SSSR count). The summed E-state index contributed by atoms with van der Waals surface area (Å²) in [6.45, 7) is 6.82. The number of nitrogens with one attached hydrogen (secondary N) is 1. The Morgan fingerprint density at radius 2 is 2.06 bits per heavy atom. The summed E-state index contributed by atoms with van der Waals surface area (Å²) in [5.41, 5.74) is 2.31. The number of amides is 1. The number of thiophene rings is 1. The molecule has 5 heteroatoms. The molecule has 3 saturated carbocycles. The number of aliphatic carboxylic acids is 1. The highest BCUT2D eigenvalue weighted by Crippen LogP contribution is 2.62. The first-order valence-corrected chi connectivity index (χ1v) is 12.3. The van der Waals surface area contributed by atoms with Crippen molar-refractivity contribution in [1.82, 2.24) is 5.32 Å². The summed E-state index contributed by atoms with van der Waals surface area (Å²) in [5, 5.41) is 15.2. The predicted octanol–water partition coefficient (Wildman–Crippen LogP) is 6.19. The van der Waals surface area contributed by atoms with E-state index in [1.807, 2.05) is 5.38 Å². The summed E-state index contributed by atoms with van der Waals surface area (Å²) in [6.07, 6.45) is 9.29. The Bertz CT molecular complexity index is 1010. The van der Waals surface area contributed by atoms with E-state index in [9.17, 15) is 9.59 Å². The first-order valence-electron chi connectivity index (χ1n) is 11.4. The average Bonchev–Trinajstić information content (AvgIpc) is 3.13. The molecule has 0 spiro atoms. The number of unbranched alkanes of at least 4 members (excludes halogenated alkanes) is 1. The summed E-state index contributed by atoms with van der Waals surface area (Å²) < 4.78 is 1.16. The van der Waals surface area contributed by atoms with Gasteiger partial charge in [0.2, 0.25) is 0 Å². The van der Waals surface area contributed by atoms with Crippen LogP contribution < -0.4 is 5.32 Å². The minimum absolute atomic E-state index is 0.0522. The van der Waals surface area contributed by atoms with Gasteiger partial charge in [-0.05, 0) is 74.3 Å². The fourth-order valence-electron chi connectivity index (χ4n) is 5.75. The number of hydrogen-bond donors (Lipinski definition) is 2. The minimum Gasteiger partial charge on any atom is -0.481 e. The SMILES string of the molecule is Cc1ccc2scc(C(=O)N[C@@H]3C[C@H]4C[C@@H]([C@H]3C/C=C\CCCC(=O)O)C4(C)C)c2c1. The van der Waals surface area contributed by atoms with Crippen molar-refractivity contribution >= 4 is 33.3 Å². The van der Waals surface area contributed by atoms with Gasteiger partial charge in [-0.1, -0.05) is 37.6 Å². The van der Waals surface area contributed by atoms with Gasteiger partial charge in [0.15, 0.2) is 0 Å². The third-order valence-electron chi connectivity index (χ3n) is 7.74. The topological polar surface area (TPSA) is 66.4 Å². The third kappa shape index (κ3) is 4.43. The van der Waals surface area contributed by atoms with Crippen LogP contribution in [-0.2, 0) is 4.79 Å². The summed E-state index contributed by atoms with van der Waals surface area (Å²) in [4.78, 5) is 23.9. The number of fused-ring (bicyclic) bond motifs is 3. The lowest BCUT2D eigenvalue weighted by Gasteiger charge is -2.62. The number of carboxylic acids is 1. The first kappa shape index (κ1) is 22.1. The van der Waals surface area contributed by atoms with E-state index in [0.29, 0.717) is 29.6 Å². The molecule has 31 heavy (non-hydrogen) atoms. The summed E-state index contributed by atoms with van der Waals surface area (Å²) >= 11 is 1.63. The highest BCUT2D eigenvalue weighted by Gasteiger charge is 2.57. The molecule has 2 aromatic rings. The van der Waals surface area contributed by atoms with E-state index in [2.05, 4.69) is 56.4 Å². The van der Waals surface area contributed by atoms with Crippen molar-refractivity contribution in [3.05, 3.63) is 46.9 Å². The second-order valence-electron chi connectivity index (χ2n) is 9.98. The zero-order chi connectivity index (χ0) is 22.2. The molecule has 0 unspecified atom stereocenters. The summed E-state index contributed by atoms with van der Waals surface area (Å²) in [6, 6.07) is 6.51. The smallest absolute Gasteiger partial charge is 0.303 e. The number of aryl methyl sites for hydroxylation is 1. The van der Waals surface area contributed by atoms with Gasteiger partial charge in [-0.15, -0.1) is 11.3 Å². The molecule has 1 amide bonds. The predicted molar refractivity (Wildman–Crippen MR) is 127 cm³/mol. The maximum absolute atomic E-state index is 13.2. The maximum Gasteiger partial charge on any atom is 0.303 e. The summed E-state index contributed by atoms with van der Waals surface area (Å²) in [7, 11) is 0. The Hall–Kier alpha value is -2.14. The van der Waals surface area contributed by atoms with E-state index < -0.39 is 5.97 Å². The second-order valence-corrected chi connectivity index (χ2v) is 10.9. The van der Waals surface area contributed by atoms with Gasteiger partial charge >= 0.3 is 5.97 Å². The van der Waals surface area contributed by atoms with Crippen molar-refractivity contribution in [2.45, 2.75) is 65.3 Å². The van der Waals surface area contributed by atoms with Crippen LogP contribution in [0.15, 0.2) is 35.7 Å². The lowest BCUT2D eigenvalue weighted by atomic mass is 9.44. The number of carboxylic acid groups (broad SMARTS) is 1. The molecule has 4 nitrogen and oxygen atoms in total. The molecule has 1 aromatic carbocycles. The van der Waals surface area contributed by atoms with Crippen LogP contribution in [0, 0.1) is 30.1 Å². The Balaban J connectivity index is 1.45. The van der Waals surface area contributed by atoms with Gasteiger partial charge in [-0.3, -0.25) is 9.59 Å². The van der Waals surface area contributed by atoms with Gasteiger partial charge in [0.05, 0.1) is 5.56 Å². The zero-order valence-corrected chi connectivity index (χ0v) is 19.5. The Kier molecular flexibility index (Phi) is 6.25. The first-order chi connectivity index (χ1) is 14.8. The monoisotopic (exact) mass is 439 g/mol. The molecule has 0 aliphatic heterocycles. The molecule has 0 radical (unpaired) electrons. The molecular formula is C26H33NO3S. The molecule has 1 heterocycles. The minimum atomic E-state index is -0.734. The van der Waals surface area contributed by atoms with Gasteiger partial charge in [0.25, 0.3) is 5.91 Å². The fourth-order valence-corrected chi connectivity index (χ4v) is 6.67. The lowest BCUT2D eigenvalue weighted by Crippen LogP contribution is -2.61. The molecule has 2 N–H and O–H groups in total. The molecule has 3 aliphatic rings. The van der Waals surface area contributed by atoms with Crippen molar-refractivity contribution in [2.24, 2.45) is 23.2 Å². The largest absolute Gasteiger partial charge is 0.481 e. The Labute approximate surface area is 188 Å². The van der Waals surface area contributed by atoms with Crippen LogP contribution in [0.2, 0.25) is 0 Å². The molecule has 2 bridgehead atoms. The second kappa shape index (κ2) is 8.78. The normalized spacial score (nSPS) is 26.7. The Morgan fingerprint density at radius 3 is 2.81 bits per heavy atom. The van der Waals surface area contributed by atoms with E-state index in [1.54, 1.807) is 11.3 Å². The number of allylic oxidation sites excluding steroid dienone is 2.